The van der Waals surface area contributed by atoms with E-state index in [0.717, 1.165) is 4.90 Å². The third-order valence-electron chi connectivity index (χ3n) is 4.07. The van der Waals surface area contributed by atoms with E-state index in [1.54, 1.807) is 36.4 Å². The third kappa shape index (κ3) is 3.30. The molecule has 0 spiro atoms. The number of aliphatic hydroxyl groups is 1. The highest BCUT2D eigenvalue weighted by molar-refractivity contribution is 6.31. The molecule has 1 aliphatic rings. The Morgan fingerprint density at radius 1 is 1.19 bits per heavy atom. The molecule has 2 heterocycles. The van der Waals surface area contributed by atoms with Crippen molar-refractivity contribution in [2.75, 3.05) is 18.5 Å². The van der Waals surface area contributed by atoms with Gasteiger partial charge in [0.25, 0.3) is 11.8 Å². The molecule has 0 saturated heterocycles. The number of benzene rings is 2. The van der Waals surface area contributed by atoms with Crippen LogP contribution in [-0.4, -0.2) is 40.0 Å². The standard InChI is InChI=1S/C19H14ClN3O4/c20-12-4-5-16-14(9-12)22-18(27-16)11-2-1-3-13(8-11)21-15-10-17(25)23(6-7-24)19(15)26/h1-5,8-10,21,24H,6-7H2. The van der Waals surface area contributed by atoms with Gasteiger partial charge in [0.1, 0.15) is 11.2 Å². The Kier molecular flexibility index (Phi) is 4.39. The van der Waals surface area contributed by atoms with Crippen molar-refractivity contribution >= 4 is 40.2 Å². The molecule has 2 aromatic carbocycles. The molecule has 0 saturated carbocycles. The summed E-state index contributed by atoms with van der Waals surface area (Å²) >= 11 is 5.98. The van der Waals surface area contributed by atoms with Crippen molar-refractivity contribution in [3.8, 4) is 11.5 Å². The Hall–Kier alpha value is -3.16. The Bertz CT molecular complexity index is 1090. The highest BCUT2D eigenvalue weighted by Gasteiger charge is 2.30. The van der Waals surface area contributed by atoms with Gasteiger partial charge in [0.05, 0.1) is 13.2 Å². The summed E-state index contributed by atoms with van der Waals surface area (Å²) in [5.41, 5.74) is 2.72. The molecule has 1 aromatic heterocycles. The zero-order valence-electron chi connectivity index (χ0n) is 14.0. The second kappa shape index (κ2) is 6.86. The quantitative estimate of drug-likeness (QED) is 0.658. The lowest BCUT2D eigenvalue weighted by atomic mass is 10.2. The Labute approximate surface area is 158 Å². The molecule has 4 rings (SSSR count). The van der Waals surface area contributed by atoms with Crippen molar-refractivity contribution in [1.82, 2.24) is 9.88 Å². The fourth-order valence-electron chi connectivity index (χ4n) is 2.82. The van der Waals surface area contributed by atoms with Crippen LogP contribution in [0.1, 0.15) is 0 Å². The summed E-state index contributed by atoms with van der Waals surface area (Å²) < 4.78 is 5.75. The maximum absolute atomic E-state index is 12.2. The maximum Gasteiger partial charge on any atom is 0.277 e. The lowest BCUT2D eigenvalue weighted by Gasteiger charge is -2.13. The number of carbonyl (C=O) groups excluding carboxylic acids is 2. The number of anilines is 1. The smallest absolute Gasteiger partial charge is 0.277 e. The van der Waals surface area contributed by atoms with Crippen LogP contribution in [-0.2, 0) is 9.59 Å². The number of rotatable bonds is 5. The second-order valence-electron chi connectivity index (χ2n) is 5.91. The number of nitrogens with one attached hydrogen (secondary N) is 1. The molecule has 8 heteroatoms. The van der Waals surface area contributed by atoms with E-state index in [1.807, 2.05) is 6.07 Å². The first kappa shape index (κ1) is 17.3. The minimum Gasteiger partial charge on any atom is -0.436 e. The van der Waals surface area contributed by atoms with Gasteiger partial charge in [-0.15, -0.1) is 0 Å². The fraction of sp³-hybridized carbons (Fsp3) is 0.105. The topological polar surface area (TPSA) is 95.7 Å². The highest BCUT2D eigenvalue weighted by Crippen LogP contribution is 2.28. The molecule has 2 amide bonds. The number of aliphatic hydroxyl groups excluding tert-OH is 1. The molecular formula is C19H14ClN3O4. The number of β-amino-alcohol motifs (C(OH)–C–C–N with tert-alkyl or cyclic N) is 1. The summed E-state index contributed by atoms with van der Waals surface area (Å²) in [6.45, 7) is -0.319. The number of amides is 2. The van der Waals surface area contributed by atoms with Gasteiger partial charge < -0.3 is 14.8 Å². The predicted molar refractivity (Wildman–Crippen MR) is 100.0 cm³/mol. The molecule has 27 heavy (non-hydrogen) atoms. The number of hydrogen-bond acceptors (Lipinski definition) is 6. The first-order valence-electron chi connectivity index (χ1n) is 8.17. The lowest BCUT2D eigenvalue weighted by Crippen LogP contribution is -2.34. The van der Waals surface area contributed by atoms with Crippen molar-refractivity contribution in [1.29, 1.82) is 0 Å². The SMILES string of the molecule is O=C1C=C(Nc2cccc(-c3nc4cc(Cl)ccc4o3)c2)C(=O)N1CCO. The monoisotopic (exact) mass is 383 g/mol. The van der Waals surface area contributed by atoms with E-state index in [2.05, 4.69) is 10.3 Å². The summed E-state index contributed by atoms with van der Waals surface area (Å²) in [5.74, 6) is -0.514. The summed E-state index contributed by atoms with van der Waals surface area (Å²) in [6, 6.07) is 12.3. The molecule has 0 fully saturated rings. The van der Waals surface area contributed by atoms with Gasteiger partial charge in [-0.2, -0.15) is 0 Å². The first-order chi connectivity index (χ1) is 13.0. The zero-order valence-corrected chi connectivity index (χ0v) is 14.7. The van der Waals surface area contributed by atoms with Crippen LogP contribution in [0.3, 0.4) is 0 Å². The number of carbonyl (C=O) groups is 2. The number of oxazole rings is 1. The van der Waals surface area contributed by atoms with Crippen molar-refractivity contribution in [2.24, 2.45) is 0 Å². The van der Waals surface area contributed by atoms with Crippen LogP contribution in [0, 0.1) is 0 Å². The molecule has 0 atom stereocenters. The van der Waals surface area contributed by atoms with E-state index in [1.165, 1.54) is 6.08 Å². The normalized spacial score (nSPS) is 14.1. The van der Waals surface area contributed by atoms with Gasteiger partial charge >= 0.3 is 0 Å². The highest BCUT2D eigenvalue weighted by atomic mass is 35.5. The summed E-state index contributed by atoms with van der Waals surface area (Å²) in [7, 11) is 0. The Morgan fingerprint density at radius 2 is 2.04 bits per heavy atom. The number of imide groups is 1. The summed E-state index contributed by atoms with van der Waals surface area (Å²) in [4.78, 5) is 29.5. The molecule has 1 aliphatic heterocycles. The average Bonchev–Trinajstić information content (AvgIpc) is 3.18. The third-order valence-corrected chi connectivity index (χ3v) is 4.31. The van der Waals surface area contributed by atoms with E-state index in [-0.39, 0.29) is 18.8 Å². The molecule has 2 N–H and O–H groups in total. The lowest BCUT2D eigenvalue weighted by molar-refractivity contribution is -0.137. The number of hydrogen-bond donors (Lipinski definition) is 2. The van der Waals surface area contributed by atoms with Gasteiger partial charge in [-0.3, -0.25) is 14.5 Å². The first-order valence-corrected chi connectivity index (χ1v) is 8.55. The predicted octanol–water partition coefficient (Wildman–Crippen LogP) is 2.81. The maximum atomic E-state index is 12.2. The van der Waals surface area contributed by atoms with Crippen LogP contribution in [0.2, 0.25) is 5.02 Å². The van der Waals surface area contributed by atoms with E-state index in [9.17, 15) is 9.59 Å². The summed E-state index contributed by atoms with van der Waals surface area (Å²) in [6.07, 6.45) is 1.21. The molecule has 3 aromatic rings. The van der Waals surface area contributed by atoms with Crippen LogP contribution in [0.15, 0.2) is 58.7 Å². The van der Waals surface area contributed by atoms with E-state index >= 15 is 0 Å². The molecule has 136 valence electrons. The van der Waals surface area contributed by atoms with Crippen LogP contribution in [0.5, 0.6) is 0 Å². The Balaban J connectivity index is 1.60. The van der Waals surface area contributed by atoms with Crippen LogP contribution in [0.4, 0.5) is 5.69 Å². The van der Waals surface area contributed by atoms with Crippen molar-refractivity contribution in [2.45, 2.75) is 0 Å². The van der Waals surface area contributed by atoms with Gasteiger partial charge in [0, 0.05) is 22.3 Å². The minimum absolute atomic E-state index is 0.0369. The number of aromatic nitrogens is 1. The summed E-state index contributed by atoms with van der Waals surface area (Å²) in [5, 5.41) is 12.5. The van der Waals surface area contributed by atoms with Crippen molar-refractivity contribution in [3.05, 3.63) is 59.3 Å². The zero-order chi connectivity index (χ0) is 19.0. The van der Waals surface area contributed by atoms with Gasteiger partial charge in [0.2, 0.25) is 5.89 Å². The van der Waals surface area contributed by atoms with Gasteiger partial charge in [0.15, 0.2) is 5.58 Å². The largest absolute Gasteiger partial charge is 0.436 e. The van der Waals surface area contributed by atoms with Crippen molar-refractivity contribution < 1.29 is 19.1 Å². The van der Waals surface area contributed by atoms with Gasteiger partial charge in [-0.25, -0.2) is 4.98 Å². The van der Waals surface area contributed by atoms with Crippen LogP contribution < -0.4 is 5.32 Å². The number of fused-ring (bicyclic) bond motifs is 1. The van der Waals surface area contributed by atoms with Gasteiger partial charge in [-0.1, -0.05) is 17.7 Å². The van der Waals surface area contributed by atoms with Crippen molar-refractivity contribution in [3.63, 3.8) is 0 Å². The molecule has 0 unspecified atom stereocenters. The fourth-order valence-corrected chi connectivity index (χ4v) is 2.99. The average molecular weight is 384 g/mol. The second-order valence-corrected chi connectivity index (χ2v) is 6.35. The molecular weight excluding hydrogens is 370 g/mol. The van der Waals surface area contributed by atoms with Crippen LogP contribution >= 0.6 is 11.6 Å². The number of nitrogens with zero attached hydrogens (tertiary/aromatic N) is 2. The Morgan fingerprint density at radius 3 is 2.85 bits per heavy atom. The molecule has 7 nitrogen and oxygen atoms in total. The van der Waals surface area contributed by atoms with Crippen LogP contribution in [0.25, 0.3) is 22.6 Å². The van der Waals surface area contributed by atoms with E-state index in [0.29, 0.717) is 33.3 Å². The molecule has 0 radical (unpaired) electrons. The molecule has 0 aliphatic carbocycles. The van der Waals surface area contributed by atoms with Gasteiger partial charge in [-0.05, 0) is 36.4 Å². The number of halogens is 1. The minimum atomic E-state index is -0.476. The van der Waals surface area contributed by atoms with E-state index < -0.39 is 11.8 Å². The van der Waals surface area contributed by atoms with E-state index in [4.69, 9.17) is 21.1 Å². The molecule has 0 bridgehead atoms.